The predicted octanol–water partition coefficient (Wildman–Crippen LogP) is 3.91. The molecular formula is C19H17FN4. The lowest BCUT2D eigenvalue weighted by atomic mass is 9.99. The second kappa shape index (κ2) is 5.23. The van der Waals surface area contributed by atoms with E-state index in [1.165, 1.54) is 23.4 Å². The number of rotatable bonds is 2. The van der Waals surface area contributed by atoms with Crippen LogP contribution in [0.15, 0.2) is 36.8 Å². The summed E-state index contributed by atoms with van der Waals surface area (Å²) in [4.78, 5) is 13.5. The van der Waals surface area contributed by atoms with Crippen LogP contribution in [0.5, 0.6) is 0 Å². The molecule has 0 unspecified atom stereocenters. The van der Waals surface area contributed by atoms with E-state index in [4.69, 9.17) is 4.98 Å². The van der Waals surface area contributed by atoms with E-state index < -0.39 is 0 Å². The molecule has 0 amide bonds. The van der Waals surface area contributed by atoms with Gasteiger partial charge in [-0.2, -0.15) is 4.39 Å². The fraction of sp³-hybridized carbons (Fsp3) is 0.316. The Morgan fingerprint density at radius 3 is 2.92 bits per heavy atom. The van der Waals surface area contributed by atoms with E-state index in [1.807, 2.05) is 24.5 Å². The van der Waals surface area contributed by atoms with Crippen LogP contribution in [-0.2, 0) is 6.42 Å². The van der Waals surface area contributed by atoms with Gasteiger partial charge < -0.3 is 0 Å². The highest BCUT2D eigenvalue weighted by molar-refractivity contribution is 5.81. The summed E-state index contributed by atoms with van der Waals surface area (Å²) in [5, 5.41) is 0. The van der Waals surface area contributed by atoms with Crippen molar-refractivity contribution in [1.29, 1.82) is 0 Å². The van der Waals surface area contributed by atoms with Crippen LogP contribution in [0.4, 0.5) is 4.39 Å². The monoisotopic (exact) mass is 320 g/mol. The Kier molecular flexibility index (Phi) is 3.01. The fourth-order valence-corrected chi connectivity index (χ4v) is 3.40. The van der Waals surface area contributed by atoms with Gasteiger partial charge in [0, 0.05) is 23.9 Å². The lowest BCUT2D eigenvalue weighted by Crippen LogP contribution is -2.03. The number of nitrogens with zero attached hydrogens (tertiary/aromatic N) is 4. The van der Waals surface area contributed by atoms with Crippen molar-refractivity contribution in [1.82, 2.24) is 19.4 Å². The van der Waals surface area contributed by atoms with Crippen LogP contribution in [0.1, 0.15) is 54.2 Å². The van der Waals surface area contributed by atoms with Crippen molar-refractivity contribution in [3.05, 3.63) is 65.4 Å². The molecule has 0 saturated heterocycles. The zero-order valence-corrected chi connectivity index (χ0v) is 13.2. The number of fused-ring (bicyclic) bond motifs is 2. The number of pyridine rings is 1. The van der Waals surface area contributed by atoms with E-state index in [9.17, 15) is 4.39 Å². The second-order valence-electron chi connectivity index (χ2n) is 6.60. The molecule has 3 aromatic rings. The Balaban J connectivity index is 1.64. The van der Waals surface area contributed by atoms with E-state index in [1.54, 1.807) is 0 Å². The first kappa shape index (κ1) is 13.8. The summed E-state index contributed by atoms with van der Waals surface area (Å²) in [6.45, 7) is 0. The molecule has 4 nitrogen and oxygen atoms in total. The highest BCUT2D eigenvalue weighted by Gasteiger charge is 2.28. The Bertz CT molecular complexity index is 969. The largest absolute Gasteiger partial charge is 0.276 e. The third kappa shape index (κ3) is 2.23. The SMILES string of the molecule is Fc1cnc2ccc(C3=CCCCc4nc(C5CC5)ncc43)cn12. The minimum Gasteiger partial charge on any atom is -0.276 e. The van der Waals surface area contributed by atoms with E-state index in [-0.39, 0.29) is 5.95 Å². The van der Waals surface area contributed by atoms with Crippen LogP contribution < -0.4 is 0 Å². The van der Waals surface area contributed by atoms with Crippen LogP contribution in [-0.4, -0.2) is 19.4 Å². The summed E-state index contributed by atoms with van der Waals surface area (Å²) in [6.07, 6.45) is 12.7. The molecule has 1 fully saturated rings. The predicted molar refractivity (Wildman–Crippen MR) is 89.2 cm³/mol. The van der Waals surface area contributed by atoms with Gasteiger partial charge >= 0.3 is 0 Å². The minimum absolute atomic E-state index is 0.346. The molecule has 0 atom stereocenters. The summed E-state index contributed by atoms with van der Waals surface area (Å²) in [7, 11) is 0. The molecule has 0 spiro atoms. The number of hydrogen-bond acceptors (Lipinski definition) is 3. The van der Waals surface area contributed by atoms with Crippen molar-refractivity contribution in [2.45, 2.75) is 38.0 Å². The van der Waals surface area contributed by atoms with E-state index >= 15 is 0 Å². The van der Waals surface area contributed by atoms with Crippen molar-refractivity contribution in [3.8, 4) is 0 Å². The lowest BCUT2D eigenvalue weighted by Gasteiger charge is -2.12. The van der Waals surface area contributed by atoms with E-state index in [0.29, 0.717) is 11.6 Å². The molecule has 0 aliphatic heterocycles. The van der Waals surface area contributed by atoms with Gasteiger partial charge in [-0.15, -0.1) is 0 Å². The number of hydrogen-bond donors (Lipinski definition) is 0. The number of imidazole rings is 1. The first-order valence-electron chi connectivity index (χ1n) is 8.49. The first-order chi connectivity index (χ1) is 11.8. The van der Waals surface area contributed by atoms with Gasteiger partial charge in [0.25, 0.3) is 0 Å². The lowest BCUT2D eigenvalue weighted by molar-refractivity contribution is 0.573. The van der Waals surface area contributed by atoms with Gasteiger partial charge in [-0.25, -0.2) is 15.0 Å². The maximum atomic E-state index is 13.9. The average Bonchev–Trinajstić information content (AvgIpc) is 3.41. The Morgan fingerprint density at radius 2 is 2.04 bits per heavy atom. The van der Waals surface area contributed by atoms with Crippen LogP contribution in [0, 0.1) is 5.95 Å². The van der Waals surface area contributed by atoms with Crippen LogP contribution >= 0.6 is 0 Å². The molecule has 3 aromatic heterocycles. The van der Waals surface area contributed by atoms with Gasteiger partial charge in [0.05, 0.1) is 11.9 Å². The van der Waals surface area contributed by atoms with E-state index in [2.05, 4.69) is 16.0 Å². The standard InChI is InChI=1S/C19H17FN4/c20-17-10-21-18-8-7-13(11-24(17)18)14-3-1-2-4-16-15(14)9-22-19(23-16)12-5-6-12/h3,7-12H,1-2,4-6H2. The zero-order valence-electron chi connectivity index (χ0n) is 13.2. The summed E-state index contributed by atoms with van der Waals surface area (Å²) >= 11 is 0. The third-order valence-electron chi connectivity index (χ3n) is 4.86. The van der Waals surface area contributed by atoms with Crippen molar-refractivity contribution < 1.29 is 4.39 Å². The molecule has 2 aliphatic rings. The topological polar surface area (TPSA) is 43.1 Å². The quantitative estimate of drug-likeness (QED) is 0.719. The molecule has 3 heterocycles. The fourth-order valence-electron chi connectivity index (χ4n) is 3.40. The highest BCUT2D eigenvalue weighted by Crippen LogP contribution is 2.39. The van der Waals surface area contributed by atoms with Gasteiger partial charge in [-0.3, -0.25) is 4.40 Å². The molecule has 2 aliphatic carbocycles. The molecular weight excluding hydrogens is 303 g/mol. The molecule has 5 heteroatoms. The van der Waals surface area contributed by atoms with Crippen molar-refractivity contribution in [2.75, 3.05) is 0 Å². The highest BCUT2D eigenvalue weighted by atomic mass is 19.1. The number of aromatic nitrogens is 4. The molecule has 1 saturated carbocycles. The van der Waals surface area contributed by atoms with Crippen LogP contribution in [0.2, 0.25) is 0 Å². The van der Waals surface area contributed by atoms with E-state index in [0.717, 1.165) is 47.5 Å². The molecule has 5 rings (SSSR count). The van der Waals surface area contributed by atoms with Crippen LogP contribution in [0.3, 0.4) is 0 Å². The smallest absolute Gasteiger partial charge is 0.217 e. The molecule has 0 aromatic carbocycles. The first-order valence-corrected chi connectivity index (χ1v) is 8.49. The van der Waals surface area contributed by atoms with Gasteiger partial charge in [0.1, 0.15) is 11.5 Å². The number of aryl methyl sites for hydroxylation is 1. The molecule has 0 radical (unpaired) electrons. The minimum atomic E-state index is -0.346. The number of allylic oxidation sites excluding steroid dienone is 1. The maximum Gasteiger partial charge on any atom is 0.217 e. The maximum absolute atomic E-state index is 13.9. The second-order valence-corrected chi connectivity index (χ2v) is 6.60. The third-order valence-corrected chi connectivity index (χ3v) is 4.86. The normalized spacial score (nSPS) is 17.5. The Morgan fingerprint density at radius 1 is 1.12 bits per heavy atom. The Hall–Kier alpha value is -2.56. The van der Waals surface area contributed by atoms with Gasteiger partial charge in [0.2, 0.25) is 5.95 Å². The average molecular weight is 320 g/mol. The summed E-state index contributed by atoms with van der Waals surface area (Å²) < 4.78 is 15.4. The molecule has 24 heavy (non-hydrogen) atoms. The van der Waals surface area contributed by atoms with Crippen LogP contribution in [0.25, 0.3) is 11.2 Å². The van der Waals surface area contributed by atoms with Gasteiger partial charge in [-0.1, -0.05) is 6.08 Å². The van der Waals surface area contributed by atoms with Crippen molar-refractivity contribution >= 4 is 11.2 Å². The van der Waals surface area contributed by atoms with Gasteiger partial charge in [-0.05, 0) is 55.4 Å². The molecule has 0 N–H and O–H groups in total. The summed E-state index contributed by atoms with van der Waals surface area (Å²) in [5.41, 5.74) is 4.90. The molecule has 0 bridgehead atoms. The number of halogens is 1. The summed E-state index contributed by atoms with van der Waals surface area (Å²) in [6, 6.07) is 3.85. The van der Waals surface area contributed by atoms with Crippen molar-refractivity contribution in [2.24, 2.45) is 0 Å². The van der Waals surface area contributed by atoms with Crippen molar-refractivity contribution in [3.63, 3.8) is 0 Å². The zero-order chi connectivity index (χ0) is 16.1. The summed E-state index contributed by atoms with van der Waals surface area (Å²) in [5.74, 6) is 1.20. The Labute approximate surface area is 139 Å². The molecule has 120 valence electrons. The van der Waals surface area contributed by atoms with Gasteiger partial charge in [0.15, 0.2) is 0 Å².